The van der Waals surface area contributed by atoms with Crippen molar-refractivity contribution in [2.45, 2.75) is 64.5 Å². The van der Waals surface area contributed by atoms with Crippen LogP contribution in [0.1, 0.15) is 52.4 Å². The number of hydrogen-bond donors (Lipinski definition) is 1. The molecule has 0 spiro atoms. The SMILES string of the molecule is CCCCCC(OC(=O)[C@@H]1CCC(=O)N1CC)C(=O)O. The highest BCUT2D eigenvalue weighted by Crippen LogP contribution is 2.20. The fourth-order valence-corrected chi connectivity index (χ4v) is 2.41. The molecular weight excluding hydrogens is 262 g/mol. The van der Waals surface area contributed by atoms with Gasteiger partial charge >= 0.3 is 11.9 Å². The lowest BCUT2D eigenvalue weighted by Gasteiger charge is -2.23. The molecule has 0 aromatic carbocycles. The summed E-state index contributed by atoms with van der Waals surface area (Å²) >= 11 is 0. The molecule has 6 nitrogen and oxygen atoms in total. The van der Waals surface area contributed by atoms with E-state index in [0.29, 0.717) is 32.2 Å². The molecular formula is C14H23NO5. The second-order valence-electron chi connectivity index (χ2n) is 4.99. The first-order valence-electron chi connectivity index (χ1n) is 7.24. The molecule has 1 aliphatic heterocycles. The van der Waals surface area contributed by atoms with Gasteiger partial charge in [-0.1, -0.05) is 19.8 Å². The predicted octanol–water partition coefficient (Wildman–Crippen LogP) is 1.57. The number of unbranched alkanes of at least 4 members (excludes halogenated alkanes) is 2. The van der Waals surface area contributed by atoms with Crippen LogP contribution >= 0.6 is 0 Å². The Balaban J connectivity index is 2.57. The third-order valence-electron chi connectivity index (χ3n) is 3.54. The van der Waals surface area contributed by atoms with Crippen molar-refractivity contribution in [3.05, 3.63) is 0 Å². The number of carboxylic acids is 1. The Kier molecular flexibility index (Phi) is 6.48. The summed E-state index contributed by atoms with van der Waals surface area (Å²) in [5.41, 5.74) is 0. The van der Waals surface area contributed by atoms with Crippen molar-refractivity contribution >= 4 is 17.8 Å². The zero-order valence-corrected chi connectivity index (χ0v) is 12.1. The molecule has 0 aromatic heterocycles. The second kappa shape index (κ2) is 7.87. The number of likely N-dealkylation sites (N-methyl/N-ethyl adjacent to an activating group) is 1. The van der Waals surface area contributed by atoms with Crippen LogP contribution in [0.25, 0.3) is 0 Å². The third-order valence-corrected chi connectivity index (χ3v) is 3.54. The van der Waals surface area contributed by atoms with E-state index in [4.69, 9.17) is 9.84 Å². The summed E-state index contributed by atoms with van der Waals surface area (Å²) in [5, 5.41) is 9.08. The van der Waals surface area contributed by atoms with Gasteiger partial charge in [0.1, 0.15) is 6.04 Å². The average molecular weight is 285 g/mol. The first-order chi connectivity index (χ1) is 9.51. The van der Waals surface area contributed by atoms with Gasteiger partial charge < -0.3 is 14.7 Å². The number of carbonyl (C=O) groups excluding carboxylic acids is 2. The van der Waals surface area contributed by atoms with Gasteiger partial charge in [-0.15, -0.1) is 0 Å². The molecule has 20 heavy (non-hydrogen) atoms. The van der Waals surface area contributed by atoms with E-state index >= 15 is 0 Å². The molecule has 1 rings (SSSR count). The highest BCUT2D eigenvalue weighted by atomic mass is 16.6. The number of nitrogens with zero attached hydrogens (tertiary/aromatic N) is 1. The number of rotatable bonds is 8. The van der Waals surface area contributed by atoms with Crippen LogP contribution in [0.5, 0.6) is 0 Å². The summed E-state index contributed by atoms with van der Waals surface area (Å²) in [6.07, 6.45) is 2.53. The van der Waals surface area contributed by atoms with E-state index in [-0.39, 0.29) is 5.91 Å². The smallest absolute Gasteiger partial charge is 0.345 e. The van der Waals surface area contributed by atoms with Gasteiger partial charge in [-0.3, -0.25) is 4.79 Å². The first-order valence-corrected chi connectivity index (χ1v) is 7.24. The molecule has 1 amide bonds. The van der Waals surface area contributed by atoms with Gasteiger partial charge in [0.05, 0.1) is 0 Å². The lowest BCUT2D eigenvalue weighted by Crippen LogP contribution is -2.41. The molecule has 0 radical (unpaired) electrons. The Morgan fingerprint density at radius 2 is 2.10 bits per heavy atom. The summed E-state index contributed by atoms with van der Waals surface area (Å²) in [4.78, 5) is 36.1. The lowest BCUT2D eigenvalue weighted by molar-refractivity contribution is -0.168. The summed E-state index contributed by atoms with van der Waals surface area (Å²) < 4.78 is 5.09. The van der Waals surface area contributed by atoms with Gasteiger partial charge in [0.25, 0.3) is 0 Å². The van der Waals surface area contributed by atoms with E-state index in [9.17, 15) is 14.4 Å². The van der Waals surface area contributed by atoms with Crippen LogP contribution in [0.3, 0.4) is 0 Å². The monoisotopic (exact) mass is 285 g/mol. The highest BCUT2D eigenvalue weighted by molar-refractivity contribution is 5.89. The summed E-state index contributed by atoms with van der Waals surface area (Å²) in [5.74, 6) is -1.80. The minimum Gasteiger partial charge on any atom is -0.479 e. The number of esters is 1. The Bertz CT molecular complexity index is 369. The van der Waals surface area contributed by atoms with Crippen molar-refractivity contribution in [2.75, 3.05) is 6.54 Å². The van der Waals surface area contributed by atoms with Gasteiger partial charge in [0.2, 0.25) is 5.91 Å². The fourth-order valence-electron chi connectivity index (χ4n) is 2.41. The molecule has 1 heterocycles. The van der Waals surface area contributed by atoms with E-state index in [1.165, 1.54) is 4.90 Å². The van der Waals surface area contributed by atoms with E-state index in [1.807, 2.05) is 6.92 Å². The van der Waals surface area contributed by atoms with Crippen LogP contribution in [0.4, 0.5) is 0 Å². The highest BCUT2D eigenvalue weighted by Gasteiger charge is 2.37. The van der Waals surface area contributed by atoms with Crippen LogP contribution in [0.15, 0.2) is 0 Å². The molecule has 1 aliphatic rings. The fraction of sp³-hybridized carbons (Fsp3) is 0.786. The molecule has 1 unspecified atom stereocenters. The minimum atomic E-state index is -1.12. The molecule has 0 aliphatic carbocycles. The Labute approximate surface area is 119 Å². The van der Waals surface area contributed by atoms with Crippen LogP contribution in [-0.4, -0.2) is 46.5 Å². The number of carboxylic acid groups (broad SMARTS) is 1. The number of aliphatic carboxylic acids is 1. The van der Waals surface area contributed by atoms with Crippen molar-refractivity contribution in [1.29, 1.82) is 0 Å². The summed E-state index contributed by atoms with van der Waals surface area (Å²) in [6, 6.07) is -0.625. The Hall–Kier alpha value is -1.59. The van der Waals surface area contributed by atoms with Gasteiger partial charge in [-0.2, -0.15) is 0 Å². The number of amides is 1. The Morgan fingerprint density at radius 1 is 1.40 bits per heavy atom. The molecule has 0 saturated carbocycles. The van der Waals surface area contributed by atoms with Gasteiger partial charge in [0.15, 0.2) is 6.10 Å². The summed E-state index contributed by atoms with van der Waals surface area (Å²) in [6.45, 7) is 4.25. The van der Waals surface area contributed by atoms with Gasteiger partial charge in [-0.25, -0.2) is 9.59 Å². The van der Waals surface area contributed by atoms with Crippen molar-refractivity contribution in [3.8, 4) is 0 Å². The average Bonchev–Trinajstić information content (AvgIpc) is 2.78. The van der Waals surface area contributed by atoms with Crippen LogP contribution < -0.4 is 0 Å². The molecule has 6 heteroatoms. The minimum absolute atomic E-state index is 0.0766. The van der Waals surface area contributed by atoms with Gasteiger partial charge in [0, 0.05) is 13.0 Å². The van der Waals surface area contributed by atoms with Crippen LogP contribution in [0, 0.1) is 0 Å². The first kappa shape index (κ1) is 16.5. The lowest BCUT2D eigenvalue weighted by atomic mass is 10.1. The molecule has 1 N–H and O–H groups in total. The van der Waals surface area contributed by atoms with Gasteiger partial charge in [-0.05, 0) is 26.2 Å². The van der Waals surface area contributed by atoms with E-state index in [2.05, 4.69) is 0 Å². The number of hydrogen-bond acceptors (Lipinski definition) is 4. The zero-order chi connectivity index (χ0) is 15.1. The maximum atomic E-state index is 12.0. The Morgan fingerprint density at radius 3 is 2.65 bits per heavy atom. The predicted molar refractivity (Wildman–Crippen MR) is 72.1 cm³/mol. The zero-order valence-electron chi connectivity index (χ0n) is 12.1. The van der Waals surface area contributed by atoms with E-state index in [0.717, 1.165) is 12.8 Å². The van der Waals surface area contributed by atoms with E-state index in [1.54, 1.807) is 6.92 Å². The third kappa shape index (κ3) is 4.21. The molecule has 0 aromatic rings. The van der Waals surface area contributed by atoms with Crippen molar-refractivity contribution in [3.63, 3.8) is 0 Å². The van der Waals surface area contributed by atoms with Crippen molar-refractivity contribution < 1.29 is 24.2 Å². The van der Waals surface area contributed by atoms with E-state index < -0.39 is 24.1 Å². The van der Waals surface area contributed by atoms with Crippen LogP contribution in [-0.2, 0) is 19.1 Å². The maximum absolute atomic E-state index is 12.0. The molecule has 2 atom stereocenters. The number of likely N-dealkylation sites (tertiary alicyclic amines) is 1. The molecule has 0 bridgehead atoms. The quantitative estimate of drug-likeness (QED) is 0.540. The van der Waals surface area contributed by atoms with Crippen LogP contribution in [0.2, 0.25) is 0 Å². The number of carbonyl (C=O) groups is 3. The normalized spacial score (nSPS) is 20.0. The largest absolute Gasteiger partial charge is 0.479 e. The summed E-state index contributed by atoms with van der Waals surface area (Å²) in [7, 11) is 0. The maximum Gasteiger partial charge on any atom is 0.345 e. The topological polar surface area (TPSA) is 83.9 Å². The molecule has 114 valence electrons. The van der Waals surface area contributed by atoms with Crippen molar-refractivity contribution in [1.82, 2.24) is 4.90 Å². The standard InChI is InChI=1S/C14H23NO5/c1-3-5-6-7-11(13(17)18)20-14(19)10-8-9-12(16)15(10)4-2/h10-11H,3-9H2,1-2H3,(H,17,18)/t10-,11?/m0/s1. The molecule has 1 saturated heterocycles. The van der Waals surface area contributed by atoms with Crippen molar-refractivity contribution in [2.24, 2.45) is 0 Å². The molecule has 1 fully saturated rings. The second-order valence-corrected chi connectivity index (χ2v) is 4.99. The number of ether oxygens (including phenoxy) is 1.